The lowest BCUT2D eigenvalue weighted by atomic mass is 9.83. The molecule has 15 aromatic rings. The van der Waals surface area contributed by atoms with Crippen molar-refractivity contribution in [2.45, 2.75) is 0 Å². The lowest BCUT2D eigenvalue weighted by Crippen LogP contribution is -1.93. The van der Waals surface area contributed by atoms with Crippen LogP contribution in [-0.4, -0.2) is 0 Å². The van der Waals surface area contributed by atoms with Crippen LogP contribution in [-0.2, 0) is 0 Å². The third-order valence-corrected chi connectivity index (χ3v) is 13.8. The van der Waals surface area contributed by atoms with Gasteiger partial charge in [-0.1, -0.05) is 254 Å². The summed E-state index contributed by atoms with van der Waals surface area (Å²) >= 11 is 0. The van der Waals surface area contributed by atoms with Gasteiger partial charge in [-0.15, -0.1) is 0 Å². The highest BCUT2D eigenvalue weighted by Gasteiger charge is 2.21. The fourth-order valence-electron chi connectivity index (χ4n) is 10.5. The van der Waals surface area contributed by atoms with Gasteiger partial charge in [0.2, 0.25) is 0 Å². The minimum atomic E-state index is -0.854. The van der Waals surface area contributed by atoms with E-state index in [1.165, 1.54) is 48.5 Å². The van der Waals surface area contributed by atoms with Crippen LogP contribution in [0.15, 0.2) is 302 Å². The molecule has 0 aliphatic rings. The van der Waals surface area contributed by atoms with Gasteiger partial charge < -0.3 is 0 Å². The SMILES string of the molecule is [2H]c1c([2H])c([2H])c(-c2cc(-c3c([2H])c([2H])c([2H])c([2H])c3[2H])cc(-c3c4c([2H])c([2H])c([2H])c([2H])c4c(-c4ccc5ccc6ccc(-c7c8c([2H])c([2H])c([2H])c([2H])c8c(-c8cc(-c9c([2H])c([2H])c([2H])c([2H])c9[2H])cc(-c9c([2H])c([2H])c([2H])c([2H])c9[2H])c8)c8c([2H])c([2H])c([2H])c([2H])c78)cc6c5c4)c4c([2H])c([2H])c([2H])c([2H])c34)c2)c([2H])c1[2H]. The van der Waals surface area contributed by atoms with Gasteiger partial charge in [-0.25, -0.2) is 0 Å². The first-order valence-corrected chi connectivity index (χ1v) is 24.1. The molecule has 0 saturated carbocycles. The quantitative estimate of drug-likeness (QED) is 0.105. The summed E-state index contributed by atoms with van der Waals surface area (Å²) in [5.41, 5.74) is -4.56. The number of fused-ring (bicyclic) bond motifs is 7. The summed E-state index contributed by atoms with van der Waals surface area (Å²) in [6, 6.07) is -8.57. The van der Waals surface area contributed by atoms with Crippen molar-refractivity contribution < 1.29 is 49.3 Å². The first kappa shape index (κ1) is 21.8. The van der Waals surface area contributed by atoms with Crippen LogP contribution in [0.5, 0.6) is 0 Å². The molecule has 0 nitrogen and oxygen atoms in total. The van der Waals surface area contributed by atoms with Crippen molar-refractivity contribution in [1.29, 1.82) is 0 Å². The van der Waals surface area contributed by atoms with Gasteiger partial charge in [-0.05, 0) is 202 Å². The second-order valence-corrected chi connectivity index (χ2v) is 18.0. The van der Waals surface area contributed by atoms with E-state index < -0.39 is 261 Å². The van der Waals surface area contributed by atoms with Crippen LogP contribution in [0, 0.1) is 0 Å². The molecule has 0 saturated heterocycles. The Morgan fingerprint density at radius 1 is 0.154 bits per heavy atom. The molecule has 0 aliphatic carbocycles. The molecule has 0 atom stereocenters. The van der Waals surface area contributed by atoms with E-state index in [1.54, 1.807) is 36.4 Å². The van der Waals surface area contributed by atoms with Crippen LogP contribution >= 0.6 is 0 Å². The normalized spacial score (nSPS) is 18.1. The summed E-state index contributed by atoms with van der Waals surface area (Å²) < 4.78 is 329. The maximum atomic E-state index is 9.91. The molecule has 0 bridgehead atoms. The lowest BCUT2D eigenvalue weighted by molar-refractivity contribution is 1.58. The van der Waals surface area contributed by atoms with Crippen LogP contribution in [0.25, 0.3) is 154 Å². The monoisotopic (exact) mass is 1020 g/mol. The number of benzene rings is 15. The molecular formula is C78H50. The molecule has 0 aliphatic heterocycles. The van der Waals surface area contributed by atoms with Gasteiger partial charge in [-0.2, -0.15) is 0 Å². The van der Waals surface area contributed by atoms with Crippen molar-refractivity contribution in [2.24, 2.45) is 0 Å². The van der Waals surface area contributed by atoms with E-state index in [0.717, 1.165) is 0 Å². The van der Waals surface area contributed by atoms with Gasteiger partial charge in [0.05, 0.1) is 49.3 Å². The van der Waals surface area contributed by atoms with E-state index in [9.17, 15) is 21.9 Å². The van der Waals surface area contributed by atoms with Gasteiger partial charge in [0.15, 0.2) is 0 Å². The highest BCUT2D eigenvalue weighted by Crippen LogP contribution is 2.49. The molecule has 0 radical (unpaired) electrons. The number of rotatable bonds is 8. The Morgan fingerprint density at radius 3 is 0.615 bits per heavy atom. The summed E-state index contributed by atoms with van der Waals surface area (Å²) in [6.07, 6.45) is 0. The van der Waals surface area contributed by atoms with Crippen molar-refractivity contribution in [3.63, 3.8) is 0 Å². The molecule has 0 heterocycles. The molecule has 0 fully saturated rings. The van der Waals surface area contributed by atoms with E-state index in [2.05, 4.69) is 0 Å². The van der Waals surface area contributed by atoms with Crippen LogP contribution in [0.4, 0.5) is 0 Å². The number of hydrogen-bond donors (Lipinski definition) is 0. The van der Waals surface area contributed by atoms with Gasteiger partial charge in [0.25, 0.3) is 0 Å². The first-order chi connectivity index (χ1) is 53.6. The van der Waals surface area contributed by atoms with Crippen LogP contribution in [0.3, 0.4) is 0 Å². The maximum absolute atomic E-state index is 9.91. The predicted octanol–water partition coefficient (Wildman–Crippen LogP) is 21.9. The standard InChI is InChI=1S/C78H50/c1-5-21-51(22-6-1)59-43-60(52-23-7-2-8-24-52)46-63(45-59)77-69-33-17-13-29-65(69)75(66-30-14-18-34-70(66)77)57-41-39-55-37-38-56-40-42-58(50-74(56)73(55)49-57)76-67-31-15-19-35-71(67)78(72-36-20-16-32-68(72)76)64-47-61(53-25-9-3-10-26-53)44-62(48-64)54-27-11-4-12-28-54/h1-50H/i1D,2D,3D,4D,5D,6D,7D,8D,9D,10D,11D,12D,13D,14D,15D,16D,17D,18D,19D,20D,21D,22D,23D,24D,25D,26D,27D,28D,29D,30D,31D,32D,33D,34D,35D,36D. The molecular weight excluding hydrogens is 937 g/mol. The molecule has 78 heavy (non-hydrogen) atoms. The lowest BCUT2D eigenvalue weighted by Gasteiger charge is -2.20. The average molecular weight is 1020 g/mol. The summed E-state index contributed by atoms with van der Waals surface area (Å²) in [5.74, 6) is 0. The van der Waals surface area contributed by atoms with E-state index in [-0.39, 0.29) is 99.1 Å². The smallest absolute Gasteiger partial charge is 0.0622 e. The minimum absolute atomic E-state index is 0.0296. The van der Waals surface area contributed by atoms with Crippen molar-refractivity contribution in [2.75, 3.05) is 0 Å². The Hall–Kier alpha value is -10.1. The zero-order chi connectivity index (χ0) is 82.8. The Bertz CT molecular complexity index is 6180. The zero-order valence-electron chi connectivity index (χ0n) is 76.1. The molecule has 0 amide bonds. The summed E-state index contributed by atoms with van der Waals surface area (Å²) in [6.45, 7) is 0. The first-order valence-electron chi connectivity index (χ1n) is 42.1. The molecule has 0 spiro atoms. The van der Waals surface area contributed by atoms with Crippen molar-refractivity contribution in [1.82, 2.24) is 0 Å². The fraction of sp³-hybridized carbons (Fsp3) is 0. The zero-order valence-corrected chi connectivity index (χ0v) is 40.1. The third-order valence-electron chi connectivity index (χ3n) is 13.8. The summed E-state index contributed by atoms with van der Waals surface area (Å²) in [7, 11) is 0. The Labute approximate surface area is 505 Å². The molecule has 0 unspecified atom stereocenters. The Balaban J connectivity index is 1.07. The second kappa shape index (κ2) is 18.9. The van der Waals surface area contributed by atoms with Crippen LogP contribution < -0.4 is 0 Å². The van der Waals surface area contributed by atoms with E-state index in [0.29, 0.717) is 10.8 Å². The molecule has 15 rings (SSSR count). The second-order valence-electron chi connectivity index (χ2n) is 18.0. The topological polar surface area (TPSA) is 0 Å². The summed E-state index contributed by atoms with van der Waals surface area (Å²) in [5, 5.41) is -1.70. The highest BCUT2D eigenvalue weighted by molar-refractivity contribution is 6.24. The van der Waals surface area contributed by atoms with E-state index in [4.69, 9.17) is 27.4 Å². The molecule has 0 N–H and O–H groups in total. The van der Waals surface area contributed by atoms with Gasteiger partial charge in [-0.3, -0.25) is 0 Å². The largest absolute Gasteiger partial charge is 0.0629 e. The highest BCUT2D eigenvalue weighted by atomic mass is 14.2. The minimum Gasteiger partial charge on any atom is -0.0622 e. The van der Waals surface area contributed by atoms with Gasteiger partial charge in [0.1, 0.15) is 0 Å². The summed E-state index contributed by atoms with van der Waals surface area (Å²) in [4.78, 5) is 0. The van der Waals surface area contributed by atoms with E-state index >= 15 is 0 Å². The van der Waals surface area contributed by atoms with E-state index in [1.807, 2.05) is 0 Å². The molecule has 15 aromatic carbocycles. The maximum Gasteiger partial charge on any atom is 0.0629 e. The average Bonchev–Trinajstić information content (AvgIpc) is 0.699. The Morgan fingerprint density at radius 2 is 0.359 bits per heavy atom. The Kier molecular flexibility index (Phi) is 5.29. The third kappa shape index (κ3) is 7.77. The van der Waals surface area contributed by atoms with Crippen LogP contribution in [0.2, 0.25) is 0 Å². The molecule has 0 heteroatoms. The van der Waals surface area contributed by atoms with Gasteiger partial charge in [0, 0.05) is 0 Å². The predicted molar refractivity (Wildman–Crippen MR) is 335 cm³/mol. The molecule has 362 valence electrons. The van der Waals surface area contributed by atoms with Crippen molar-refractivity contribution >= 4 is 64.6 Å². The number of hydrogen-bond acceptors (Lipinski definition) is 0. The van der Waals surface area contributed by atoms with Crippen molar-refractivity contribution in [3.05, 3.63) is 302 Å². The molecule has 0 aromatic heterocycles. The fourth-order valence-corrected chi connectivity index (χ4v) is 10.5. The van der Waals surface area contributed by atoms with Crippen LogP contribution in [0.1, 0.15) is 49.3 Å². The van der Waals surface area contributed by atoms with Crippen molar-refractivity contribution in [3.8, 4) is 89.0 Å². The van der Waals surface area contributed by atoms with Gasteiger partial charge >= 0.3 is 0 Å².